The number of hydrogen-bond acceptors (Lipinski definition) is 6. The molecule has 0 spiro atoms. The lowest BCUT2D eigenvalue weighted by Gasteiger charge is -2.26. The molecule has 7 heteroatoms. The summed E-state index contributed by atoms with van der Waals surface area (Å²) in [6.07, 6.45) is 5.51. The van der Waals surface area contributed by atoms with Crippen molar-refractivity contribution >= 4 is 31.8 Å². The van der Waals surface area contributed by atoms with Crippen LogP contribution in [0.5, 0.6) is 0 Å². The first-order chi connectivity index (χ1) is 14.2. The molecule has 1 saturated heterocycles. The van der Waals surface area contributed by atoms with Gasteiger partial charge in [0.05, 0.1) is 22.9 Å². The van der Waals surface area contributed by atoms with Crippen LogP contribution in [0.3, 0.4) is 0 Å². The Morgan fingerprint density at radius 2 is 1.83 bits per heavy atom. The van der Waals surface area contributed by atoms with Gasteiger partial charge in [-0.15, -0.1) is 11.3 Å². The van der Waals surface area contributed by atoms with Gasteiger partial charge < -0.3 is 4.90 Å². The van der Waals surface area contributed by atoms with Crippen molar-refractivity contribution in [3.8, 4) is 11.4 Å². The molecule has 1 fully saturated rings. The Kier molecular flexibility index (Phi) is 4.85. The minimum atomic E-state index is 0.0238. The monoisotopic (exact) mass is 405 g/mol. The fraction of sp³-hybridized carbons (Fsp3) is 0.364. The Morgan fingerprint density at radius 3 is 2.62 bits per heavy atom. The van der Waals surface area contributed by atoms with Gasteiger partial charge in [0.1, 0.15) is 9.53 Å². The third-order valence-corrected chi connectivity index (χ3v) is 6.69. The highest BCUT2D eigenvalue weighted by molar-refractivity contribution is 7.25. The lowest BCUT2D eigenvalue weighted by molar-refractivity contribution is 0.220. The smallest absolute Gasteiger partial charge is 0.271 e. The largest absolute Gasteiger partial charge is 0.302 e. The van der Waals surface area contributed by atoms with Crippen molar-refractivity contribution in [3.05, 3.63) is 52.7 Å². The first-order valence-corrected chi connectivity index (χ1v) is 11.0. The molecule has 0 atom stereocenters. The van der Waals surface area contributed by atoms with Gasteiger partial charge in [-0.25, -0.2) is 15.0 Å². The zero-order valence-electron chi connectivity index (χ0n) is 16.5. The Labute approximate surface area is 172 Å². The van der Waals surface area contributed by atoms with E-state index in [0.29, 0.717) is 17.1 Å². The summed E-state index contributed by atoms with van der Waals surface area (Å²) in [7, 11) is 0. The van der Waals surface area contributed by atoms with Gasteiger partial charge in [0.2, 0.25) is 0 Å². The van der Waals surface area contributed by atoms with E-state index in [2.05, 4.69) is 14.9 Å². The van der Waals surface area contributed by atoms with E-state index in [9.17, 15) is 4.79 Å². The van der Waals surface area contributed by atoms with Crippen LogP contribution in [0.25, 0.3) is 31.8 Å². The number of aryl methyl sites for hydroxylation is 1. The zero-order valence-corrected chi connectivity index (χ0v) is 17.3. The normalized spacial score (nSPS) is 15.3. The van der Waals surface area contributed by atoms with Crippen LogP contribution in [0.4, 0.5) is 0 Å². The van der Waals surface area contributed by atoms with E-state index in [4.69, 9.17) is 4.98 Å². The zero-order chi connectivity index (χ0) is 19.8. The summed E-state index contributed by atoms with van der Waals surface area (Å²) in [6.45, 7) is 5.80. The number of aromatic nitrogens is 4. The molecule has 29 heavy (non-hydrogen) atoms. The van der Waals surface area contributed by atoms with Gasteiger partial charge in [-0.2, -0.15) is 0 Å². The summed E-state index contributed by atoms with van der Waals surface area (Å²) in [5, 5.41) is 0.893. The lowest BCUT2D eigenvalue weighted by atomic mass is 10.1. The summed E-state index contributed by atoms with van der Waals surface area (Å²) < 4.78 is 2.41. The molecule has 148 valence electrons. The molecule has 3 aromatic heterocycles. The quantitative estimate of drug-likeness (QED) is 0.516. The number of likely N-dealkylation sites (tertiary alicyclic amines) is 1. The van der Waals surface area contributed by atoms with Crippen molar-refractivity contribution in [2.75, 3.05) is 19.6 Å². The molecular weight excluding hydrogens is 382 g/mol. The molecule has 0 amide bonds. The first kappa shape index (κ1) is 18.4. The molecule has 1 aromatic carbocycles. The number of benzene rings is 1. The standard InChI is InChI=1S/C22H23N5OS/c1-15-17-18-19(29-21(17)25-20(24-15)16-8-4-2-5-9-16)22(28)27(14-23-18)13-12-26-10-6-3-7-11-26/h2,4-5,8-9,14H,3,6-7,10-13H2,1H3. The molecule has 1 aliphatic heterocycles. The van der Waals surface area contributed by atoms with E-state index in [1.165, 1.54) is 30.6 Å². The molecular formula is C22H23N5OS. The van der Waals surface area contributed by atoms with Crippen molar-refractivity contribution in [1.29, 1.82) is 0 Å². The molecule has 4 heterocycles. The van der Waals surface area contributed by atoms with Crippen LogP contribution < -0.4 is 5.56 Å². The second kappa shape index (κ2) is 7.65. The minimum Gasteiger partial charge on any atom is -0.302 e. The number of piperidine rings is 1. The second-order valence-corrected chi connectivity index (χ2v) is 8.60. The van der Waals surface area contributed by atoms with Gasteiger partial charge in [-0.05, 0) is 32.9 Å². The van der Waals surface area contributed by atoms with Crippen molar-refractivity contribution in [2.45, 2.75) is 32.7 Å². The van der Waals surface area contributed by atoms with Crippen LogP contribution in [0.2, 0.25) is 0 Å². The first-order valence-electron chi connectivity index (χ1n) is 10.1. The molecule has 4 aromatic rings. The van der Waals surface area contributed by atoms with Crippen molar-refractivity contribution in [2.24, 2.45) is 0 Å². The van der Waals surface area contributed by atoms with Crippen LogP contribution in [0.1, 0.15) is 25.0 Å². The summed E-state index contributed by atoms with van der Waals surface area (Å²) in [5.74, 6) is 0.688. The van der Waals surface area contributed by atoms with Crippen LogP contribution in [-0.4, -0.2) is 44.1 Å². The number of fused-ring (bicyclic) bond motifs is 3. The van der Waals surface area contributed by atoms with Crippen LogP contribution in [0, 0.1) is 6.92 Å². The van der Waals surface area contributed by atoms with Gasteiger partial charge in [-0.3, -0.25) is 9.36 Å². The highest BCUT2D eigenvalue weighted by Gasteiger charge is 2.17. The Hall–Kier alpha value is -2.64. The molecule has 0 N–H and O–H groups in total. The van der Waals surface area contributed by atoms with Gasteiger partial charge in [0, 0.05) is 18.7 Å². The Balaban J connectivity index is 1.53. The molecule has 0 radical (unpaired) electrons. The SMILES string of the molecule is Cc1nc(-c2ccccc2)nc2sc3c(=O)n(CCN4CCCCC4)cnc3c12. The third kappa shape index (κ3) is 3.45. The predicted octanol–water partition coefficient (Wildman–Crippen LogP) is 3.86. The van der Waals surface area contributed by atoms with Gasteiger partial charge >= 0.3 is 0 Å². The molecule has 1 aliphatic rings. The molecule has 0 bridgehead atoms. The fourth-order valence-electron chi connectivity index (χ4n) is 4.04. The van der Waals surface area contributed by atoms with Crippen LogP contribution >= 0.6 is 11.3 Å². The maximum Gasteiger partial charge on any atom is 0.271 e. The van der Waals surface area contributed by atoms with E-state index in [1.807, 2.05) is 37.3 Å². The highest BCUT2D eigenvalue weighted by Crippen LogP contribution is 2.32. The van der Waals surface area contributed by atoms with Crippen molar-refractivity contribution in [1.82, 2.24) is 24.4 Å². The molecule has 5 rings (SSSR count). The second-order valence-electron chi connectivity index (χ2n) is 7.60. The highest BCUT2D eigenvalue weighted by atomic mass is 32.1. The van der Waals surface area contributed by atoms with E-state index in [-0.39, 0.29) is 5.56 Å². The van der Waals surface area contributed by atoms with Crippen molar-refractivity contribution < 1.29 is 0 Å². The van der Waals surface area contributed by atoms with E-state index < -0.39 is 0 Å². The minimum absolute atomic E-state index is 0.0238. The number of hydrogen-bond donors (Lipinski definition) is 0. The predicted molar refractivity (Wildman–Crippen MR) is 117 cm³/mol. The average Bonchev–Trinajstić information content (AvgIpc) is 3.15. The van der Waals surface area contributed by atoms with Crippen LogP contribution in [0.15, 0.2) is 41.5 Å². The number of rotatable bonds is 4. The van der Waals surface area contributed by atoms with E-state index in [0.717, 1.165) is 46.6 Å². The summed E-state index contributed by atoms with van der Waals surface area (Å²) in [4.78, 5) is 30.4. The molecule has 0 saturated carbocycles. The van der Waals surface area contributed by atoms with Crippen molar-refractivity contribution in [3.63, 3.8) is 0 Å². The van der Waals surface area contributed by atoms with Crippen LogP contribution in [-0.2, 0) is 6.54 Å². The molecule has 6 nitrogen and oxygen atoms in total. The van der Waals surface area contributed by atoms with E-state index in [1.54, 1.807) is 10.9 Å². The number of nitrogens with zero attached hydrogens (tertiary/aromatic N) is 5. The maximum absolute atomic E-state index is 13.1. The van der Waals surface area contributed by atoms with Gasteiger partial charge in [-0.1, -0.05) is 36.8 Å². The molecule has 0 unspecified atom stereocenters. The summed E-state index contributed by atoms with van der Waals surface area (Å²) in [6, 6.07) is 9.93. The maximum atomic E-state index is 13.1. The number of thiophene rings is 1. The summed E-state index contributed by atoms with van der Waals surface area (Å²) >= 11 is 1.43. The average molecular weight is 406 g/mol. The van der Waals surface area contributed by atoms with Gasteiger partial charge in [0.25, 0.3) is 5.56 Å². The topological polar surface area (TPSA) is 63.9 Å². The Morgan fingerprint density at radius 1 is 1.03 bits per heavy atom. The molecule has 0 aliphatic carbocycles. The summed E-state index contributed by atoms with van der Waals surface area (Å²) in [5.41, 5.74) is 2.58. The van der Waals surface area contributed by atoms with Gasteiger partial charge in [0.15, 0.2) is 5.82 Å². The lowest BCUT2D eigenvalue weighted by Crippen LogP contribution is -2.34. The Bertz CT molecular complexity index is 1220. The third-order valence-electron chi connectivity index (χ3n) is 5.63. The van der Waals surface area contributed by atoms with E-state index >= 15 is 0 Å². The fourth-order valence-corrected chi connectivity index (χ4v) is 5.17.